The van der Waals surface area contributed by atoms with Gasteiger partial charge < -0.3 is 4.74 Å². The zero-order valence-corrected chi connectivity index (χ0v) is 11.8. The van der Waals surface area contributed by atoms with Gasteiger partial charge in [-0.15, -0.1) is 0 Å². The van der Waals surface area contributed by atoms with E-state index in [-0.39, 0.29) is 11.9 Å². The summed E-state index contributed by atoms with van der Waals surface area (Å²) in [5, 5.41) is 0. The van der Waals surface area contributed by atoms with Gasteiger partial charge in [0.05, 0.1) is 0 Å². The second-order valence-corrected chi connectivity index (χ2v) is 5.43. The van der Waals surface area contributed by atoms with Crippen LogP contribution in [0.1, 0.15) is 22.3 Å². The lowest BCUT2D eigenvalue weighted by Gasteiger charge is -2.13. The van der Waals surface area contributed by atoms with Crippen LogP contribution in [0, 0.1) is 13.8 Å². The molecule has 1 unspecified atom stereocenters. The summed E-state index contributed by atoms with van der Waals surface area (Å²) in [6.45, 7) is 4.11. The number of ether oxygens (including phenoxy) is 1. The number of hydrogen-bond donors (Lipinski definition) is 0. The Kier molecular flexibility index (Phi) is 3.31. The normalized spacial score (nSPS) is 16.6. The Balaban J connectivity index is 1.76. The van der Waals surface area contributed by atoms with Crippen LogP contribution in [0.15, 0.2) is 42.5 Å². The van der Waals surface area contributed by atoms with Gasteiger partial charge in [0.2, 0.25) is 0 Å². The number of aryl methyl sites for hydroxylation is 2. The van der Waals surface area contributed by atoms with Crippen molar-refractivity contribution in [3.8, 4) is 5.75 Å². The van der Waals surface area contributed by atoms with Gasteiger partial charge in [0.15, 0.2) is 11.9 Å². The molecule has 0 saturated heterocycles. The molecule has 0 bridgehead atoms. The summed E-state index contributed by atoms with van der Waals surface area (Å²) in [6.07, 6.45) is 0.822. The third-order valence-electron chi connectivity index (χ3n) is 4.00. The molecular weight excluding hydrogens is 248 g/mol. The number of rotatable bonds is 3. The van der Waals surface area contributed by atoms with Gasteiger partial charge in [-0.3, -0.25) is 4.79 Å². The van der Waals surface area contributed by atoms with Crippen LogP contribution in [0.4, 0.5) is 0 Å². The van der Waals surface area contributed by atoms with Crippen LogP contribution in [-0.4, -0.2) is 11.9 Å². The van der Waals surface area contributed by atoms with Crippen LogP contribution in [0.2, 0.25) is 0 Å². The van der Waals surface area contributed by atoms with Crippen molar-refractivity contribution in [2.45, 2.75) is 32.8 Å². The SMILES string of the molecule is Cc1cccc(C)c1CC(=O)C1Cc2ccccc2O1. The van der Waals surface area contributed by atoms with Crippen LogP contribution in [0.3, 0.4) is 0 Å². The molecule has 2 nitrogen and oxygen atoms in total. The van der Waals surface area contributed by atoms with Gasteiger partial charge in [0.25, 0.3) is 0 Å². The minimum Gasteiger partial charge on any atom is -0.482 e. The predicted molar refractivity (Wildman–Crippen MR) is 79.2 cm³/mol. The van der Waals surface area contributed by atoms with E-state index in [2.05, 4.69) is 26.0 Å². The zero-order chi connectivity index (χ0) is 14.1. The highest BCUT2D eigenvalue weighted by Gasteiger charge is 2.28. The van der Waals surface area contributed by atoms with E-state index in [4.69, 9.17) is 4.74 Å². The zero-order valence-electron chi connectivity index (χ0n) is 11.8. The molecule has 0 N–H and O–H groups in total. The van der Waals surface area contributed by atoms with Crippen molar-refractivity contribution in [3.63, 3.8) is 0 Å². The summed E-state index contributed by atoms with van der Waals surface area (Å²) < 4.78 is 5.77. The van der Waals surface area contributed by atoms with E-state index in [1.54, 1.807) is 0 Å². The highest BCUT2D eigenvalue weighted by atomic mass is 16.5. The molecule has 2 aromatic carbocycles. The van der Waals surface area contributed by atoms with Crippen molar-refractivity contribution in [1.82, 2.24) is 0 Å². The number of carbonyl (C=O) groups excluding carboxylic acids is 1. The smallest absolute Gasteiger partial charge is 0.178 e. The van der Waals surface area contributed by atoms with Crippen LogP contribution in [0.5, 0.6) is 5.75 Å². The maximum atomic E-state index is 12.5. The van der Waals surface area contributed by atoms with Crippen LogP contribution >= 0.6 is 0 Å². The second-order valence-electron chi connectivity index (χ2n) is 5.43. The number of Topliss-reactive ketones (excluding diaryl/α,β-unsaturated/α-hetero) is 1. The lowest BCUT2D eigenvalue weighted by atomic mass is 9.95. The van der Waals surface area contributed by atoms with Gasteiger partial charge in [0.1, 0.15) is 5.75 Å². The minimum atomic E-state index is -0.327. The Labute approximate surface area is 119 Å². The molecule has 2 heteroatoms. The maximum Gasteiger partial charge on any atom is 0.178 e. The van der Waals surface area contributed by atoms with Crippen molar-refractivity contribution in [2.24, 2.45) is 0 Å². The monoisotopic (exact) mass is 266 g/mol. The van der Waals surface area contributed by atoms with E-state index in [1.807, 2.05) is 30.3 Å². The van der Waals surface area contributed by atoms with Crippen molar-refractivity contribution < 1.29 is 9.53 Å². The van der Waals surface area contributed by atoms with E-state index in [9.17, 15) is 4.79 Å². The number of hydrogen-bond acceptors (Lipinski definition) is 2. The quantitative estimate of drug-likeness (QED) is 0.851. The van der Waals surface area contributed by atoms with E-state index in [0.717, 1.165) is 16.9 Å². The molecular formula is C18H18O2. The molecule has 0 fully saturated rings. The molecule has 0 aliphatic carbocycles. The molecule has 1 atom stereocenters. The number of fused-ring (bicyclic) bond motifs is 1. The molecule has 102 valence electrons. The molecule has 0 amide bonds. The Hall–Kier alpha value is -2.09. The standard InChI is InChI=1S/C18H18O2/c1-12-6-5-7-13(2)15(12)11-16(19)18-10-14-8-3-4-9-17(14)20-18/h3-9,18H,10-11H2,1-2H3. The fraction of sp³-hybridized carbons (Fsp3) is 0.278. The number of benzene rings is 2. The summed E-state index contributed by atoms with van der Waals surface area (Å²) in [7, 11) is 0. The first-order chi connectivity index (χ1) is 9.65. The summed E-state index contributed by atoms with van der Waals surface area (Å²) in [4.78, 5) is 12.5. The van der Waals surface area contributed by atoms with Gasteiger partial charge in [-0.25, -0.2) is 0 Å². The first kappa shape index (κ1) is 12.9. The number of carbonyl (C=O) groups is 1. The molecule has 1 heterocycles. The van der Waals surface area contributed by atoms with Gasteiger partial charge in [-0.05, 0) is 42.2 Å². The van der Waals surface area contributed by atoms with Crippen LogP contribution < -0.4 is 4.74 Å². The summed E-state index contributed by atoms with van der Waals surface area (Å²) in [5.41, 5.74) is 4.62. The van der Waals surface area contributed by atoms with Gasteiger partial charge >= 0.3 is 0 Å². The Morgan fingerprint density at radius 2 is 1.80 bits per heavy atom. The highest BCUT2D eigenvalue weighted by molar-refractivity contribution is 5.87. The van der Waals surface area contributed by atoms with Gasteiger partial charge in [-0.1, -0.05) is 36.4 Å². The molecule has 0 spiro atoms. The van der Waals surface area contributed by atoms with Crippen molar-refractivity contribution in [2.75, 3.05) is 0 Å². The molecule has 2 aromatic rings. The van der Waals surface area contributed by atoms with E-state index in [0.29, 0.717) is 12.8 Å². The van der Waals surface area contributed by atoms with Crippen LogP contribution in [-0.2, 0) is 17.6 Å². The molecule has 3 rings (SSSR count). The van der Waals surface area contributed by atoms with Crippen LogP contribution in [0.25, 0.3) is 0 Å². The first-order valence-electron chi connectivity index (χ1n) is 6.97. The highest BCUT2D eigenvalue weighted by Crippen LogP contribution is 2.29. The summed E-state index contributed by atoms with van der Waals surface area (Å²) in [5.74, 6) is 1.02. The van der Waals surface area contributed by atoms with E-state index >= 15 is 0 Å². The fourth-order valence-corrected chi connectivity index (χ4v) is 2.78. The van der Waals surface area contributed by atoms with Gasteiger partial charge in [-0.2, -0.15) is 0 Å². The molecule has 20 heavy (non-hydrogen) atoms. The number of para-hydroxylation sites is 1. The van der Waals surface area contributed by atoms with Gasteiger partial charge in [0, 0.05) is 12.8 Å². The lowest BCUT2D eigenvalue weighted by molar-refractivity contribution is -0.124. The average molecular weight is 266 g/mol. The fourth-order valence-electron chi connectivity index (χ4n) is 2.78. The lowest BCUT2D eigenvalue weighted by Crippen LogP contribution is -2.27. The third-order valence-corrected chi connectivity index (χ3v) is 4.00. The molecule has 1 aliphatic heterocycles. The van der Waals surface area contributed by atoms with Crippen molar-refractivity contribution in [1.29, 1.82) is 0 Å². The first-order valence-corrected chi connectivity index (χ1v) is 6.97. The van der Waals surface area contributed by atoms with Crippen molar-refractivity contribution >= 4 is 5.78 Å². The topological polar surface area (TPSA) is 26.3 Å². The average Bonchev–Trinajstić information content (AvgIpc) is 2.87. The number of ketones is 1. The largest absolute Gasteiger partial charge is 0.482 e. The second kappa shape index (κ2) is 5.12. The molecule has 0 radical (unpaired) electrons. The Morgan fingerprint density at radius 1 is 1.10 bits per heavy atom. The summed E-state index contributed by atoms with van der Waals surface area (Å²) in [6, 6.07) is 14.0. The van der Waals surface area contributed by atoms with E-state index < -0.39 is 0 Å². The van der Waals surface area contributed by atoms with E-state index in [1.165, 1.54) is 11.1 Å². The van der Waals surface area contributed by atoms with Crippen molar-refractivity contribution in [3.05, 3.63) is 64.7 Å². The maximum absolute atomic E-state index is 12.5. The predicted octanol–water partition coefficient (Wildman–Crippen LogP) is 3.42. The molecule has 0 saturated carbocycles. The summed E-state index contributed by atoms with van der Waals surface area (Å²) >= 11 is 0. The minimum absolute atomic E-state index is 0.165. The Morgan fingerprint density at radius 3 is 2.50 bits per heavy atom. The molecule has 0 aromatic heterocycles. The third kappa shape index (κ3) is 2.34. The Bertz CT molecular complexity index is 613. The molecule has 1 aliphatic rings.